The van der Waals surface area contributed by atoms with Crippen molar-refractivity contribution < 1.29 is 18.1 Å². The van der Waals surface area contributed by atoms with E-state index < -0.39 is 10.4 Å². The molecule has 1 heterocycles. The van der Waals surface area contributed by atoms with Gasteiger partial charge in [-0.2, -0.15) is 13.2 Å². The van der Waals surface area contributed by atoms with Gasteiger partial charge in [0.1, 0.15) is 5.82 Å². The molecule has 0 amide bonds. The van der Waals surface area contributed by atoms with E-state index in [2.05, 4.69) is 10.3 Å². The summed E-state index contributed by atoms with van der Waals surface area (Å²) in [5.74, 6) is -0.00425. The largest absolute Gasteiger partial charge is 0.441 e. The maximum absolute atomic E-state index is 11.8. The molecule has 0 aliphatic rings. The molecule has 1 aromatic rings. The van der Waals surface area contributed by atoms with Crippen molar-refractivity contribution in [2.75, 3.05) is 17.6 Å². The van der Waals surface area contributed by atoms with Crippen LogP contribution in [-0.2, 0) is 0 Å². The Bertz CT molecular complexity index is 400. The molecule has 0 aliphatic carbocycles. The molecule has 0 fully saturated rings. The second kappa shape index (κ2) is 5.71. The van der Waals surface area contributed by atoms with Crippen LogP contribution in [0.1, 0.15) is 0 Å². The molecule has 1 aromatic heterocycles. The summed E-state index contributed by atoms with van der Waals surface area (Å²) in [6.45, 7) is 0.0261. The molecule has 17 heavy (non-hydrogen) atoms. The van der Waals surface area contributed by atoms with Gasteiger partial charge in [0.05, 0.1) is 11.0 Å². The van der Waals surface area contributed by atoms with Crippen molar-refractivity contribution in [1.29, 1.82) is 0 Å². The molecule has 9 heteroatoms. The van der Waals surface area contributed by atoms with E-state index in [0.717, 1.165) is 6.07 Å². The van der Waals surface area contributed by atoms with E-state index >= 15 is 0 Å². The first-order chi connectivity index (χ1) is 7.88. The van der Waals surface area contributed by atoms with E-state index in [-0.39, 0.29) is 35.6 Å². The van der Waals surface area contributed by atoms with Crippen LogP contribution in [0.2, 0.25) is 0 Å². The number of rotatable bonds is 5. The minimum Gasteiger partial charge on any atom is -0.369 e. The molecule has 0 atom stereocenters. The van der Waals surface area contributed by atoms with Gasteiger partial charge in [0.25, 0.3) is 5.69 Å². The smallest absolute Gasteiger partial charge is 0.369 e. The minimum atomic E-state index is -4.27. The fourth-order valence-electron chi connectivity index (χ4n) is 0.975. The van der Waals surface area contributed by atoms with Crippen LogP contribution in [0.3, 0.4) is 0 Å². The Morgan fingerprint density at radius 1 is 1.53 bits per heavy atom. The van der Waals surface area contributed by atoms with Crippen LogP contribution in [0.25, 0.3) is 0 Å². The van der Waals surface area contributed by atoms with Crippen molar-refractivity contribution in [1.82, 2.24) is 4.98 Å². The van der Waals surface area contributed by atoms with Gasteiger partial charge in [-0.05, 0) is 11.8 Å². The maximum atomic E-state index is 11.8. The molecule has 0 aromatic carbocycles. The van der Waals surface area contributed by atoms with Crippen molar-refractivity contribution in [3.63, 3.8) is 0 Å². The monoisotopic (exact) mass is 267 g/mol. The zero-order valence-corrected chi connectivity index (χ0v) is 9.22. The fourth-order valence-corrected chi connectivity index (χ4v) is 1.41. The lowest BCUT2D eigenvalue weighted by Crippen LogP contribution is -2.10. The highest BCUT2D eigenvalue weighted by Gasteiger charge is 2.27. The van der Waals surface area contributed by atoms with Gasteiger partial charge >= 0.3 is 5.51 Å². The fraction of sp³-hybridized carbons (Fsp3) is 0.375. The van der Waals surface area contributed by atoms with Gasteiger partial charge in [0, 0.05) is 24.6 Å². The van der Waals surface area contributed by atoms with Gasteiger partial charge in [0.15, 0.2) is 0 Å². The second-order valence-corrected chi connectivity index (χ2v) is 4.04. The molecular formula is C8H8F3N3O2S. The third-order valence-corrected chi connectivity index (χ3v) is 2.36. The molecule has 0 unspecified atom stereocenters. The predicted octanol–water partition coefficient (Wildman–Crippen LogP) is 2.65. The number of halogens is 3. The lowest BCUT2D eigenvalue weighted by atomic mass is 10.4. The van der Waals surface area contributed by atoms with Crippen molar-refractivity contribution in [2.45, 2.75) is 5.51 Å². The van der Waals surface area contributed by atoms with Gasteiger partial charge in [-0.25, -0.2) is 4.98 Å². The average molecular weight is 267 g/mol. The Kier molecular flexibility index (Phi) is 4.55. The van der Waals surface area contributed by atoms with Crippen LogP contribution in [0.5, 0.6) is 0 Å². The second-order valence-electron chi connectivity index (χ2n) is 2.88. The van der Waals surface area contributed by atoms with Gasteiger partial charge in [-0.1, -0.05) is 0 Å². The number of aromatic nitrogens is 1. The number of alkyl halides is 3. The average Bonchev–Trinajstić information content (AvgIpc) is 2.23. The number of nitro groups is 1. The first-order valence-corrected chi connectivity index (χ1v) is 5.42. The van der Waals surface area contributed by atoms with Crippen molar-refractivity contribution in [3.05, 3.63) is 28.4 Å². The number of thioether (sulfide) groups is 1. The first kappa shape index (κ1) is 13.6. The number of nitrogens with zero attached hydrogens (tertiary/aromatic N) is 2. The number of pyridine rings is 1. The highest BCUT2D eigenvalue weighted by atomic mass is 32.2. The summed E-state index contributed by atoms with van der Waals surface area (Å²) in [7, 11) is 0. The normalized spacial score (nSPS) is 11.2. The van der Waals surface area contributed by atoms with Crippen LogP contribution in [0.15, 0.2) is 18.3 Å². The SMILES string of the molecule is O=[N+]([O-])c1ccnc(NCCSC(F)(F)F)c1. The highest BCUT2D eigenvalue weighted by molar-refractivity contribution is 8.00. The molecule has 0 saturated heterocycles. The van der Waals surface area contributed by atoms with Gasteiger partial charge < -0.3 is 5.32 Å². The molecule has 5 nitrogen and oxygen atoms in total. The topological polar surface area (TPSA) is 68.1 Å². The maximum Gasteiger partial charge on any atom is 0.441 e. The third kappa shape index (κ3) is 5.38. The zero-order valence-electron chi connectivity index (χ0n) is 8.40. The summed E-state index contributed by atoms with van der Waals surface area (Å²) in [6, 6.07) is 2.37. The summed E-state index contributed by atoms with van der Waals surface area (Å²) in [6.07, 6.45) is 1.22. The third-order valence-electron chi connectivity index (χ3n) is 1.63. The Balaban J connectivity index is 2.42. The Morgan fingerprint density at radius 3 is 2.82 bits per heavy atom. The predicted molar refractivity (Wildman–Crippen MR) is 57.9 cm³/mol. The summed E-state index contributed by atoms with van der Waals surface area (Å²) in [5.41, 5.74) is -4.43. The Morgan fingerprint density at radius 2 is 2.24 bits per heavy atom. The van der Waals surface area contributed by atoms with Crippen LogP contribution >= 0.6 is 11.8 Å². The van der Waals surface area contributed by atoms with Gasteiger partial charge in [-0.15, -0.1) is 0 Å². The van der Waals surface area contributed by atoms with Crippen LogP contribution in [0.4, 0.5) is 24.7 Å². The molecular weight excluding hydrogens is 259 g/mol. The summed E-state index contributed by atoms with van der Waals surface area (Å²) in [5, 5.41) is 13.0. The van der Waals surface area contributed by atoms with Crippen LogP contribution < -0.4 is 5.32 Å². The van der Waals surface area contributed by atoms with E-state index in [0.29, 0.717) is 0 Å². The van der Waals surface area contributed by atoms with E-state index in [4.69, 9.17) is 0 Å². The minimum absolute atomic E-state index is 0.0261. The molecule has 0 aliphatic heterocycles. The molecule has 94 valence electrons. The lowest BCUT2D eigenvalue weighted by Gasteiger charge is -2.06. The van der Waals surface area contributed by atoms with Crippen LogP contribution in [0, 0.1) is 10.1 Å². The molecule has 0 spiro atoms. The molecule has 1 rings (SSSR count). The van der Waals surface area contributed by atoms with Crippen LogP contribution in [-0.4, -0.2) is 27.7 Å². The quantitative estimate of drug-likeness (QED) is 0.504. The number of hydrogen-bond acceptors (Lipinski definition) is 5. The van der Waals surface area contributed by atoms with Gasteiger partial charge in [-0.3, -0.25) is 10.1 Å². The van der Waals surface area contributed by atoms with Crippen molar-refractivity contribution >= 4 is 23.3 Å². The van der Waals surface area contributed by atoms with E-state index in [1.165, 1.54) is 12.3 Å². The Hall–Kier alpha value is -1.51. The highest BCUT2D eigenvalue weighted by Crippen LogP contribution is 2.29. The van der Waals surface area contributed by atoms with E-state index in [9.17, 15) is 23.3 Å². The van der Waals surface area contributed by atoms with E-state index in [1.807, 2.05) is 0 Å². The molecule has 0 bridgehead atoms. The van der Waals surface area contributed by atoms with Gasteiger partial charge in [0.2, 0.25) is 0 Å². The summed E-state index contributed by atoms with van der Waals surface area (Å²) in [4.78, 5) is 13.6. The molecule has 0 saturated carbocycles. The summed E-state index contributed by atoms with van der Waals surface area (Å²) < 4.78 is 35.3. The number of hydrogen-bond donors (Lipinski definition) is 1. The molecule has 1 N–H and O–H groups in total. The van der Waals surface area contributed by atoms with Crippen molar-refractivity contribution in [3.8, 4) is 0 Å². The van der Waals surface area contributed by atoms with E-state index in [1.54, 1.807) is 0 Å². The number of anilines is 1. The Labute approximate surface area is 98.6 Å². The lowest BCUT2D eigenvalue weighted by molar-refractivity contribution is -0.384. The summed E-state index contributed by atoms with van der Waals surface area (Å²) >= 11 is -0.161. The number of nitrogens with one attached hydrogen (secondary N) is 1. The zero-order chi connectivity index (χ0) is 12.9. The molecule has 0 radical (unpaired) electrons. The standard InChI is InChI=1S/C8H8F3N3O2S/c9-8(10,11)17-4-3-13-7-5-6(14(15)16)1-2-12-7/h1-2,5H,3-4H2,(H,12,13). The first-order valence-electron chi connectivity index (χ1n) is 4.43. The van der Waals surface area contributed by atoms with Crippen molar-refractivity contribution in [2.24, 2.45) is 0 Å².